The zero-order valence-corrected chi connectivity index (χ0v) is 12.0. The van der Waals surface area contributed by atoms with Crippen molar-refractivity contribution in [1.29, 1.82) is 0 Å². The molecule has 3 aliphatic rings. The molecular weight excluding hydrogens is 216 g/mol. The second-order valence-corrected chi connectivity index (χ2v) is 6.12. The van der Waals surface area contributed by atoms with Gasteiger partial charge in [0.1, 0.15) is 0 Å². The van der Waals surface area contributed by atoms with E-state index in [4.69, 9.17) is 0 Å². The van der Waals surface area contributed by atoms with Gasteiger partial charge in [-0.05, 0) is 70.1 Å². The molecule has 0 nitrogen and oxygen atoms in total. The molecule has 3 rings (SSSR count). The summed E-state index contributed by atoms with van der Waals surface area (Å²) in [5, 5.41) is 0. The zero-order chi connectivity index (χ0) is 12.5. The van der Waals surface area contributed by atoms with Gasteiger partial charge in [0.05, 0.1) is 0 Å². The highest BCUT2D eigenvalue weighted by atomic mass is 14.2. The minimum absolute atomic E-state index is 0.999. The van der Waals surface area contributed by atoms with Crippen molar-refractivity contribution in [3.8, 4) is 0 Å². The lowest BCUT2D eigenvalue weighted by Crippen LogP contribution is -2.10. The summed E-state index contributed by atoms with van der Waals surface area (Å²) in [6.45, 7) is 0. The fourth-order valence-electron chi connectivity index (χ4n) is 3.47. The molecule has 0 bridgehead atoms. The summed E-state index contributed by atoms with van der Waals surface area (Å²) in [6, 6.07) is 0. The van der Waals surface area contributed by atoms with E-state index in [2.05, 4.69) is 18.2 Å². The Kier molecular flexibility index (Phi) is 6.61. The van der Waals surface area contributed by atoms with Gasteiger partial charge in [0, 0.05) is 0 Å². The molecule has 1 saturated carbocycles. The molecule has 1 fully saturated rings. The molecule has 0 saturated heterocycles. The molecule has 0 amide bonds. The molecule has 0 N–H and O–H groups in total. The summed E-state index contributed by atoms with van der Waals surface area (Å²) in [4.78, 5) is 0. The Morgan fingerprint density at radius 2 is 1.33 bits per heavy atom. The van der Waals surface area contributed by atoms with Crippen LogP contribution in [0.25, 0.3) is 0 Å². The maximum absolute atomic E-state index is 2.54. The van der Waals surface area contributed by atoms with Gasteiger partial charge in [0.25, 0.3) is 0 Å². The second-order valence-electron chi connectivity index (χ2n) is 6.12. The van der Waals surface area contributed by atoms with Crippen LogP contribution in [-0.4, -0.2) is 0 Å². The first-order chi connectivity index (χ1) is 8.97. The smallest absolute Gasteiger partial charge is 0.0203 e. The number of hydrogen-bond acceptors (Lipinski definition) is 0. The number of rotatable bonds is 1. The van der Waals surface area contributed by atoms with E-state index < -0.39 is 0 Å². The minimum Gasteiger partial charge on any atom is -0.0885 e. The maximum atomic E-state index is 2.54. The van der Waals surface area contributed by atoms with Crippen LogP contribution in [0.5, 0.6) is 0 Å². The molecule has 0 radical (unpaired) electrons. The number of hydrogen-bond donors (Lipinski definition) is 0. The standard InChI is InChI=1S/C12H20.C6H10/c1-3-7-11(8-4-1)12-9-5-2-6-10-12;1-2-4-6-5-3-1/h7,12H,1-6,8-10H2;1-2H,3-6H2. The van der Waals surface area contributed by atoms with Crippen molar-refractivity contribution in [2.24, 2.45) is 5.92 Å². The highest BCUT2D eigenvalue weighted by Gasteiger charge is 2.18. The quantitative estimate of drug-likeness (QED) is 0.484. The van der Waals surface area contributed by atoms with Crippen LogP contribution >= 0.6 is 0 Å². The third kappa shape index (κ3) is 5.00. The molecule has 3 aliphatic carbocycles. The third-order valence-corrected chi connectivity index (χ3v) is 4.61. The molecule has 0 heterocycles. The Hall–Kier alpha value is -0.520. The molecule has 0 unspecified atom stereocenters. The molecule has 0 aliphatic heterocycles. The molecule has 0 aromatic heterocycles. The topological polar surface area (TPSA) is 0 Å². The molecule has 0 aromatic rings. The molecule has 0 heteroatoms. The van der Waals surface area contributed by atoms with Crippen LogP contribution in [0.1, 0.15) is 83.5 Å². The van der Waals surface area contributed by atoms with Gasteiger partial charge in [0.2, 0.25) is 0 Å². The van der Waals surface area contributed by atoms with Crippen molar-refractivity contribution in [3.63, 3.8) is 0 Å². The van der Waals surface area contributed by atoms with E-state index in [1.54, 1.807) is 0 Å². The van der Waals surface area contributed by atoms with Crippen LogP contribution in [-0.2, 0) is 0 Å². The van der Waals surface area contributed by atoms with E-state index in [1.807, 2.05) is 5.57 Å². The minimum atomic E-state index is 0.999. The maximum Gasteiger partial charge on any atom is -0.0203 e. The van der Waals surface area contributed by atoms with Gasteiger partial charge in [-0.3, -0.25) is 0 Å². The van der Waals surface area contributed by atoms with Crippen LogP contribution in [0.3, 0.4) is 0 Å². The molecular formula is C18H30. The highest BCUT2D eigenvalue weighted by molar-refractivity contribution is 5.09. The van der Waals surface area contributed by atoms with Gasteiger partial charge in [-0.1, -0.05) is 43.1 Å². The van der Waals surface area contributed by atoms with Crippen LogP contribution < -0.4 is 0 Å². The van der Waals surface area contributed by atoms with E-state index in [-0.39, 0.29) is 0 Å². The van der Waals surface area contributed by atoms with Gasteiger partial charge in [-0.15, -0.1) is 0 Å². The second kappa shape index (κ2) is 8.56. The first kappa shape index (κ1) is 13.9. The van der Waals surface area contributed by atoms with Gasteiger partial charge in [-0.25, -0.2) is 0 Å². The van der Waals surface area contributed by atoms with Crippen molar-refractivity contribution < 1.29 is 0 Å². The van der Waals surface area contributed by atoms with Crippen molar-refractivity contribution in [3.05, 3.63) is 23.8 Å². The van der Waals surface area contributed by atoms with Gasteiger partial charge in [0.15, 0.2) is 0 Å². The Morgan fingerprint density at radius 1 is 0.667 bits per heavy atom. The van der Waals surface area contributed by atoms with Crippen LogP contribution in [0.15, 0.2) is 23.8 Å². The lowest BCUT2D eigenvalue weighted by Gasteiger charge is -2.26. The van der Waals surface area contributed by atoms with Crippen LogP contribution in [0, 0.1) is 5.92 Å². The summed E-state index contributed by atoms with van der Waals surface area (Å²) >= 11 is 0. The fraction of sp³-hybridized carbons (Fsp3) is 0.778. The van der Waals surface area contributed by atoms with Gasteiger partial charge < -0.3 is 0 Å². The Balaban J connectivity index is 0.000000169. The third-order valence-electron chi connectivity index (χ3n) is 4.61. The molecule has 18 heavy (non-hydrogen) atoms. The molecule has 102 valence electrons. The predicted octanol–water partition coefficient (Wildman–Crippen LogP) is 6.18. The molecule has 0 atom stereocenters. The summed E-state index contributed by atoms with van der Waals surface area (Å²) in [6.07, 6.45) is 25.7. The summed E-state index contributed by atoms with van der Waals surface area (Å²) < 4.78 is 0. The average molecular weight is 246 g/mol. The van der Waals surface area contributed by atoms with Crippen molar-refractivity contribution in [2.45, 2.75) is 83.5 Å². The normalized spacial score (nSPS) is 25.0. The first-order valence-electron chi connectivity index (χ1n) is 8.31. The molecule has 0 spiro atoms. The lowest BCUT2D eigenvalue weighted by atomic mass is 9.80. The SMILES string of the molecule is C1=C(C2CCCCC2)CCCC1.C1=CCCCC1. The van der Waals surface area contributed by atoms with E-state index in [9.17, 15) is 0 Å². The Bertz CT molecular complexity index is 258. The summed E-state index contributed by atoms with van der Waals surface area (Å²) in [5.41, 5.74) is 1.82. The van der Waals surface area contributed by atoms with Crippen LogP contribution in [0.2, 0.25) is 0 Å². The average Bonchev–Trinajstić information content (AvgIpc) is 2.51. The van der Waals surface area contributed by atoms with Crippen LogP contribution in [0.4, 0.5) is 0 Å². The zero-order valence-electron chi connectivity index (χ0n) is 12.0. The predicted molar refractivity (Wildman–Crippen MR) is 80.7 cm³/mol. The monoisotopic (exact) mass is 246 g/mol. The summed E-state index contributed by atoms with van der Waals surface area (Å²) in [7, 11) is 0. The van der Waals surface area contributed by atoms with E-state index in [0.717, 1.165) is 5.92 Å². The van der Waals surface area contributed by atoms with Crippen molar-refractivity contribution in [1.82, 2.24) is 0 Å². The Labute approximate surface area is 114 Å². The Morgan fingerprint density at radius 3 is 1.83 bits per heavy atom. The highest BCUT2D eigenvalue weighted by Crippen LogP contribution is 2.34. The van der Waals surface area contributed by atoms with E-state index >= 15 is 0 Å². The van der Waals surface area contributed by atoms with E-state index in [1.165, 1.54) is 83.5 Å². The fourth-order valence-corrected chi connectivity index (χ4v) is 3.47. The summed E-state index contributed by atoms with van der Waals surface area (Å²) in [5.74, 6) is 0.999. The number of allylic oxidation sites excluding steroid dienone is 4. The van der Waals surface area contributed by atoms with Gasteiger partial charge >= 0.3 is 0 Å². The van der Waals surface area contributed by atoms with Crippen molar-refractivity contribution in [2.75, 3.05) is 0 Å². The molecule has 0 aromatic carbocycles. The largest absolute Gasteiger partial charge is 0.0885 e. The first-order valence-corrected chi connectivity index (χ1v) is 8.31. The van der Waals surface area contributed by atoms with E-state index in [0.29, 0.717) is 0 Å². The lowest BCUT2D eigenvalue weighted by molar-refractivity contribution is 0.387. The van der Waals surface area contributed by atoms with Crippen molar-refractivity contribution >= 4 is 0 Å². The van der Waals surface area contributed by atoms with Gasteiger partial charge in [-0.2, -0.15) is 0 Å².